The van der Waals surface area contributed by atoms with Crippen LogP contribution in [-0.2, 0) is 33.2 Å². The molecular formula is C24H36O7. The molecule has 3 saturated carbocycles. The molecule has 3 spiro atoms. The summed E-state index contributed by atoms with van der Waals surface area (Å²) in [4.78, 5) is 13.2. The number of rotatable bonds is 1. The molecule has 3 aliphatic carbocycles. The van der Waals surface area contributed by atoms with E-state index in [2.05, 4.69) is 0 Å². The summed E-state index contributed by atoms with van der Waals surface area (Å²) in [5, 5.41) is 0. The van der Waals surface area contributed by atoms with Crippen molar-refractivity contribution in [3.8, 4) is 0 Å². The van der Waals surface area contributed by atoms with Crippen LogP contribution in [0, 0.1) is 0 Å². The topological polar surface area (TPSA) is 72.5 Å². The lowest BCUT2D eigenvalue weighted by molar-refractivity contribution is -0.413. The number of hydrogen-bond donors (Lipinski definition) is 0. The lowest BCUT2D eigenvalue weighted by Crippen LogP contribution is -2.69. The molecule has 4 atom stereocenters. The lowest BCUT2D eigenvalue weighted by atomic mass is 9.88. The fraction of sp³-hybridized carbons (Fsp3) is 0.958. The van der Waals surface area contributed by atoms with Crippen LogP contribution in [0.5, 0.6) is 0 Å². The van der Waals surface area contributed by atoms with Crippen molar-refractivity contribution in [3.05, 3.63) is 0 Å². The van der Waals surface area contributed by atoms with Gasteiger partial charge in [-0.15, -0.1) is 0 Å². The van der Waals surface area contributed by atoms with Gasteiger partial charge in [0.2, 0.25) is 5.79 Å². The predicted molar refractivity (Wildman–Crippen MR) is 109 cm³/mol. The highest BCUT2D eigenvalue weighted by molar-refractivity contribution is 5.77. The van der Waals surface area contributed by atoms with Crippen LogP contribution in [0.15, 0.2) is 0 Å². The van der Waals surface area contributed by atoms with Crippen molar-refractivity contribution in [2.75, 3.05) is 6.61 Å². The summed E-state index contributed by atoms with van der Waals surface area (Å²) in [7, 11) is 0. The Balaban J connectivity index is 1.29. The first kappa shape index (κ1) is 20.8. The Kier molecular flexibility index (Phi) is 5.34. The zero-order valence-corrected chi connectivity index (χ0v) is 18.5. The maximum absolute atomic E-state index is 13.2. The van der Waals surface area contributed by atoms with E-state index in [1.807, 2.05) is 0 Å². The Morgan fingerprint density at radius 2 is 1.13 bits per heavy atom. The number of hydrogen-bond acceptors (Lipinski definition) is 7. The van der Waals surface area contributed by atoms with Gasteiger partial charge in [0.1, 0.15) is 18.3 Å². The second kappa shape index (κ2) is 7.94. The zero-order chi connectivity index (χ0) is 20.9. The van der Waals surface area contributed by atoms with E-state index < -0.39 is 29.6 Å². The summed E-state index contributed by atoms with van der Waals surface area (Å²) in [6.07, 6.45) is 12.9. The van der Waals surface area contributed by atoms with Crippen molar-refractivity contribution in [2.24, 2.45) is 0 Å². The third-order valence-corrected chi connectivity index (χ3v) is 8.27. The van der Waals surface area contributed by atoms with Crippen LogP contribution in [0.1, 0.15) is 96.3 Å². The van der Waals surface area contributed by atoms with Crippen LogP contribution in [0.2, 0.25) is 0 Å². The molecule has 6 rings (SSSR count). The van der Waals surface area contributed by atoms with Gasteiger partial charge in [-0.3, -0.25) is 0 Å². The minimum absolute atomic E-state index is 0.250. The Morgan fingerprint density at radius 3 is 1.77 bits per heavy atom. The van der Waals surface area contributed by atoms with Gasteiger partial charge in [0.15, 0.2) is 17.7 Å². The summed E-state index contributed by atoms with van der Waals surface area (Å²) < 4.78 is 38.5. The number of carbonyl (C=O) groups excluding carboxylic acids is 1. The monoisotopic (exact) mass is 436 g/mol. The third kappa shape index (κ3) is 3.74. The first-order chi connectivity index (χ1) is 15.1. The Morgan fingerprint density at radius 1 is 0.581 bits per heavy atom. The normalized spacial score (nSPS) is 41.2. The van der Waals surface area contributed by atoms with E-state index in [1.54, 1.807) is 0 Å². The number of esters is 1. The smallest absolute Gasteiger partial charge is 0.340 e. The average molecular weight is 437 g/mol. The molecule has 0 aromatic heterocycles. The van der Waals surface area contributed by atoms with Crippen LogP contribution in [0.3, 0.4) is 0 Å². The molecule has 6 aliphatic rings. The number of fused-ring (bicyclic) bond motifs is 1. The summed E-state index contributed by atoms with van der Waals surface area (Å²) >= 11 is 0. The first-order valence-electron chi connectivity index (χ1n) is 12.7. The fourth-order valence-electron chi connectivity index (χ4n) is 6.65. The number of ether oxygens (including phenoxy) is 6. The summed E-state index contributed by atoms with van der Waals surface area (Å²) in [5.74, 6) is -2.35. The SMILES string of the molecule is O=C1OC2(CCCCC2)O[C@@H]2[C@@H]([C@H]3COC4(CCCCC4)O3)OC3(CCCCC3)O[C@H]12. The maximum Gasteiger partial charge on any atom is 0.340 e. The minimum atomic E-state index is -0.833. The van der Waals surface area contributed by atoms with Crippen LogP contribution in [0.25, 0.3) is 0 Å². The first-order valence-corrected chi connectivity index (χ1v) is 12.7. The molecule has 0 radical (unpaired) electrons. The Bertz CT molecular complexity index is 675. The Labute approximate surface area is 184 Å². The van der Waals surface area contributed by atoms with Gasteiger partial charge in [-0.05, 0) is 38.5 Å². The van der Waals surface area contributed by atoms with Gasteiger partial charge in [0.05, 0.1) is 6.61 Å². The van der Waals surface area contributed by atoms with Gasteiger partial charge in [0, 0.05) is 38.5 Å². The van der Waals surface area contributed by atoms with Crippen molar-refractivity contribution in [1.29, 1.82) is 0 Å². The van der Waals surface area contributed by atoms with Crippen molar-refractivity contribution in [3.63, 3.8) is 0 Å². The molecule has 7 heteroatoms. The molecule has 0 aromatic carbocycles. The van der Waals surface area contributed by atoms with Crippen LogP contribution >= 0.6 is 0 Å². The minimum Gasteiger partial charge on any atom is -0.431 e. The molecule has 0 N–H and O–H groups in total. The van der Waals surface area contributed by atoms with Crippen molar-refractivity contribution in [2.45, 2.75) is 138 Å². The van der Waals surface area contributed by atoms with E-state index in [4.69, 9.17) is 28.4 Å². The summed E-state index contributed by atoms with van der Waals surface area (Å²) in [6.45, 7) is 0.482. The molecule has 0 bridgehead atoms. The molecule has 0 unspecified atom stereocenters. The predicted octanol–water partition coefficient (Wildman–Crippen LogP) is 4.11. The number of carbonyl (C=O) groups is 1. The molecule has 3 aliphatic heterocycles. The second-order valence-electron chi connectivity index (χ2n) is 10.5. The van der Waals surface area contributed by atoms with E-state index >= 15 is 0 Å². The maximum atomic E-state index is 13.2. The zero-order valence-electron chi connectivity index (χ0n) is 18.5. The fourth-order valence-corrected chi connectivity index (χ4v) is 6.65. The van der Waals surface area contributed by atoms with Crippen LogP contribution in [-0.4, -0.2) is 54.4 Å². The highest BCUT2D eigenvalue weighted by Crippen LogP contribution is 2.48. The lowest BCUT2D eigenvalue weighted by Gasteiger charge is -2.55. The van der Waals surface area contributed by atoms with Crippen molar-refractivity contribution < 1.29 is 33.2 Å². The third-order valence-electron chi connectivity index (χ3n) is 8.27. The van der Waals surface area contributed by atoms with Gasteiger partial charge in [-0.25, -0.2) is 4.79 Å². The molecular weight excluding hydrogens is 400 g/mol. The molecule has 3 heterocycles. The highest BCUT2D eigenvalue weighted by Gasteiger charge is 2.62. The van der Waals surface area contributed by atoms with E-state index in [9.17, 15) is 4.79 Å². The van der Waals surface area contributed by atoms with Crippen LogP contribution in [0.4, 0.5) is 0 Å². The molecule has 31 heavy (non-hydrogen) atoms. The van der Waals surface area contributed by atoms with Crippen molar-refractivity contribution >= 4 is 5.97 Å². The van der Waals surface area contributed by atoms with Gasteiger partial charge in [0.25, 0.3) is 0 Å². The molecule has 0 aromatic rings. The van der Waals surface area contributed by atoms with E-state index in [-0.39, 0.29) is 18.2 Å². The molecule has 6 fully saturated rings. The van der Waals surface area contributed by atoms with Gasteiger partial charge in [-0.2, -0.15) is 0 Å². The molecule has 174 valence electrons. The van der Waals surface area contributed by atoms with E-state index in [0.717, 1.165) is 83.5 Å². The largest absolute Gasteiger partial charge is 0.431 e. The van der Waals surface area contributed by atoms with Crippen molar-refractivity contribution in [1.82, 2.24) is 0 Å². The average Bonchev–Trinajstić information content (AvgIpc) is 3.19. The van der Waals surface area contributed by atoms with E-state index in [0.29, 0.717) is 6.61 Å². The highest BCUT2D eigenvalue weighted by atomic mass is 16.8. The summed E-state index contributed by atoms with van der Waals surface area (Å²) in [6, 6.07) is 0. The Hall–Kier alpha value is -0.730. The van der Waals surface area contributed by atoms with Crippen LogP contribution < -0.4 is 0 Å². The quantitative estimate of drug-likeness (QED) is 0.573. The molecule has 7 nitrogen and oxygen atoms in total. The van der Waals surface area contributed by atoms with Gasteiger partial charge < -0.3 is 28.4 Å². The standard InChI is InChI=1S/C24H36O7/c25-21-20-19(29-24(31-21)14-8-3-9-15-24)18(28-23(30-20)12-6-2-7-13-23)17-16-26-22(27-17)10-4-1-5-11-22/h17-20H,1-16H2/t17-,18-,19-,20+/m1/s1. The second-order valence-corrected chi connectivity index (χ2v) is 10.5. The van der Waals surface area contributed by atoms with E-state index in [1.165, 1.54) is 12.8 Å². The molecule has 3 saturated heterocycles. The van der Waals surface area contributed by atoms with Gasteiger partial charge >= 0.3 is 5.97 Å². The molecule has 0 amide bonds. The summed E-state index contributed by atoms with van der Waals surface area (Å²) in [5.41, 5.74) is 0. The van der Waals surface area contributed by atoms with Gasteiger partial charge in [-0.1, -0.05) is 19.3 Å².